The van der Waals surface area contributed by atoms with E-state index in [-0.39, 0.29) is 16.7 Å². The molecule has 24 heavy (non-hydrogen) atoms. The van der Waals surface area contributed by atoms with Crippen LogP contribution < -0.4 is 10.6 Å². The van der Waals surface area contributed by atoms with Crippen molar-refractivity contribution in [2.45, 2.75) is 20.3 Å². The first-order chi connectivity index (χ1) is 11.4. The summed E-state index contributed by atoms with van der Waals surface area (Å²) < 4.78 is 0. The summed E-state index contributed by atoms with van der Waals surface area (Å²) in [5.74, 6) is -0.335. The van der Waals surface area contributed by atoms with Crippen molar-refractivity contribution in [1.29, 1.82) is 0 Å². The number of carbonyl (C=O) groups is 1. The van der Waals surface area contributed by atoms with Crippen LogP contribution in [0.3, 0.4) is 0 Å². The highest BCUT2D eigenvalue weighted by atomic mass is 32.1. The molecule has 0 saturated carbocycles. The zero-order chi connectivity index (χ0) is 17.7. The lowest BCUT2D eigenvalue weighted by molar-refractivity contribution is -0.385. The predicted octanol–water partition coefficient (Wildman–Crippen LogP) is 3.59. The molecular weight excluding hydrogens is 326 g/mol. The number of rotatable bonds is 4. The minimum Gasteiger partial charge on any atom is -0.332 e. The van der Waals surface area contributed by atoms with Crippen molar-refractivity contribution in [3.05, 3.63) is 69.3 Å². The van der Waals surface area contributed by atoms with Crippen molar-refractivity contribution in [2.75, 3.05) is 5.32 Å². The molecule has 0 aliphatic heterocycles. The topological polar surface area (TPSA) is 84.3 Å². The molecule has 2 rings (SSSR count). The largest absolute Gasteiger partial charge is 0.332 e. The fourth-order valence-electron chi connectivity index (χ4n) is 2.18. The highest BCUT2D eigenvalue weighted by Crippen LogP contribution is 2.24. The Morgan fingerprint density at radius 1 is 1.21 bits per heavy atom. The fourth-order valence-corrected chi connectivity index (χ4v) is 2.38. The third-order valence-corrected chi connectivity index (χ3v) is 3.81. The molecule has 0 bridgehead atoms. The van der Waals surface area contributed by atoms with Crippen LogP contribution in [0.1, 0.15) is 28.4 Å². The number of benzene rings is 2. The Kier molecular flexibility index (Phi) is 5.59. The summed E-state index contributed by atoms with van der Waals surface area (Å²) in [7, 11) is 0. The van der Waals surface area contributed by atoms with Gasteiger partial charge in [-0.2, -0.15) is 0 Å². The molecule has 0 aromatic heterocycles. The molecule has 1 amide bonds. The number of anilines is 1. The van der Waals surface area contributed by atoms with E-state index in [0.29, 0.717) is 16.8 Å². The molecule has 2 N–H and O–H groups in total. The molecule has 124 valence electrons. The van der Waals surface area contributed by atoms with Gasteiger partial charge in [0, 0.05) is 11.6 Å². The summed E-state index contributed by atoms with van der Waals surface area (Å²) >= 11 is 5.12. The van der Waals surface area contributed by atoms with Crippen LogP contribution in [-0.2, 0) is 6.42 Å². The van der Waals surface area contributed by atoms with Crippen molar-refractivity contribution in [3.63, 3.8) is 0 Å². The monoisotopic (exact) mass is 343 g/mol. The van der Waals surface area contributed by atoms with Gasteiger partial charge in [-0.15, -0.1) is 0 Å². The fraction of sp³-hybridized carbons (Fsp3) is 0.176. The molecule has 2 aromatic carbocycles. The van der Waals surface area contributed by atoms with Crippen molar-refractivity contribution in [3.8, 4) is 0 Å². The first-order valence-electron chi connectivity index (χ1n) is 7.37. The number of nitrogens with zero attached hydrogens (tertiary/aromatic N) is 1. The number of hydrogen-bond donors (Lipinski definition) is 2. The second-order valence-electron chi connectivity index (χ2n) is 5.17. The molecule has 6 nitrogen and oxygen atoms in total. The summed E-state index contributed by atoms with van der Waals surface area (Å²) in [6.07, 6.45) is 0.897. The highest BCUT2D eigenvalue weighted by molar-refractivity contribution is 7.80. The zero-order valence-corrected chi connectivity index (χ0v) is 14.1. The van der Waals surface area contributed by atoms with Gasteiger partial charge in [0.1, 0.15) is 0 Å². The van der Waals surface area contributed by atoms with E-state index in [2.05, 4.69) is 10.6 Å². The van der Waals surface area contributed by atoms with E-state index in [4.69, 9.17) is 12.2 Å². The number of carbonyl (C=O) groups excluding carboxylic acids is 1. The molecule has 0 aliphatic rings. The number of nitrogens with one attached hydrogen (secondary N) is 2. The first kappa shape index (κ1) is 17.6. The third kappa shape index (κ3) is 4.14. The maximum atomic E-state index is 12.2. The van der Waals surface area contributed by atoms with E-state index < -0.39 is 4.92 Å². The van der Waals surface area contributed by atoms with Gasteiger partial charge in [-0.05, 0) is 49.3 Å². The number of amides is 1. The van der Waals surface area contributed by atoms with Crippen LogP contribution in [0, 0.1) is 17.0 Å². The van der Waals surface area contributed by atoms with Crippen LogP contribution in [-0.4, -0.2) is 15.9 Å². The molecule has 0 saturated heterocycles. The van der Waals surface area contributed by atoms with Crippen LogP contribution in [0.2, 0.25) is 0 Å². The van der Waals surface area contributed by atoms with Crippen molar-refractivity contribution < 1.29 is 9.72 Å². The number of thiocarbonyl (C=S) groups is 1. The number of nitro benzene ring substituents is 1. The Morgan fingerprint density at radius 3 is 2.46 bits per heavy atom. The van der Waals surface area contributed by atoms with E-state index >= 15 is 0 Å². The molecule has 0 atom stereocenters. The Morgan fingerprint density at radius 2 is 1.88 bits per heavy atom. The number of hydrogen-bond acceptors (Lipinski definition) is 4. The van der Waals surface area contributed by atoms with Gasteiger partial charge in [0.25, 0.3) is 11.6 Å². The number of aryl methyl sites for hydroxylation is 1. The Balaban J connectivity index is 2.06. The smallest absolute Gasteiger partial charge is 0.274 e. The van der Waals surface area contributed by atoms with Crippen LogP contribution in [0.15, 0.2) is 42.5 Å². The Hall–Kier alpha value is -2.80. The van der Waals surface area contributed by atoms with Gasteiger partial charge in [0.2, 0.25) is 0 Å². The van der Waals surface area contributed by atoms with Gasteiger partial charge in [-0.25, -0.2) is 0 Å². The lowest BCUT2D eigenvalue weighted by atomic mass is 10.1. The molecule has 0 aliphatic carbocycles. The standard InChI is InChI=1S/C17H17N3O3S/c1-3-12-7-9-13(10-8-12)16(21)19-17(24)18-14-5-4-6-15(11(14)2)20(22)23/h4-10H,3H2,1-2H3,(H2,18,19,21,24). The van der Waals surface area contributed by atoms with Gasteiger partial charge < -0.3 is 5.32 Å². The summed E-state index contributed by atoms with van der Waals surface area (Å²) in [6.45, 7) is 3.66. The second-order valence-corrected chi connectivity index (χ2v) is 5.57. The van der Waals surface area contributed by atoms with Crippen LogP contribution >= 0.6 is 12.2 Å². The predicted molar refractivity (Wildman–Crippen MR) is 97.3 cm³/mol. The van der Waals surface area contributed by atoms with E-state index in [9.17, 15) is 14.9 Å². The SMILES string of the molecule is CCc1ccc(C(=O)NC(=S)Nc2cccc([N+](=O)[O-])c2C)cc1. The van der Waals surface area contributed by atoms with Crippen LogP contribution in [0.4, 0.5) is 11.4 Å². The second kappa shape index (κ2) is 7.65. The van der Waals surface area contributed by atoms with Gasteiger partial charge in [-0.1, -0.05) is 25.1 Å². The maximum absolute atomic E-state index is 12.2. The van der Waals surface area contributed by atoms with Gasteiger partial charge >= 0.3 is 0 Å². The van der Waals surface area contributed by atoms with Gasteiger partial charge in [0.05, 0.1) is 16.2 Å². The minimum absolute atomic E-state index is 0.00993. The summed E-state index contributed by atoms with van der Waals surface area (Å²) in [5, 5.41) is 16.4. The summed E-state index contributed by atoms with van der Waals surface area (Å²) in [6, 6.07) is 11.9. The Bertz CT molecular complexity index is 788. The summed E-state index contributed by atoms with van der Waals surface area (Å²) in [4.78, 5) is 22.6. The average Bonchev–Trinajstić information content (AvgIpc) is 2.56. The van der Waals surface area contributed by atoms with Crippen LogP contribution in [0.25, 0.3) is 0 Å². The molecule has 0 radical (unpaired) electrons. The lowest BCUT2D eigenvalue weighted by Crippen LogP contribution is -2.34. The number of nitro groups is 1. The molecule has 7 heteroatoms. The first-order valence-corrected chi connectivity index (χ1v) is 7.78. The Labute approximate surface area is 145 Å². The summed E-state index contributed by atoms with van der Waals surface area (Å²) in [5.41, 5.74) is 2.55. The average molecular weight is 343 g/mol. The molecule has 0 heterocycles. The van der Waals surface area contributed by atoms with E-state index in [1.807, 2.05) is 19.1 Å². The van der Waals surface area contributed by atoms with Gasteiger partial charge in [-0.3, -0.25) is 20.2 Å². The van der Waals surface area contributed by atoms with Gasteiger partial charge in [0.15, 0.2) is 5.11 Å². The molecular formula is C17H17N3O3S. The molecule has 0 fully saturated rings. The van der Waals surface area contributed by atoms with E-state index in [1.54, 1.807) is 31.2 Å². The minimum atomic E-state index is -0.461. The van der Waals surface area contributed by atoms with E-state index in [1.165, 1.54) is 6.07 Å². The molecule has 0 spiro atoms. The maximum Gasteiger partial charge on any atom is 0.274 e. The molecule has 2 aromatic rings. The van der Waals surface area contributed by atoms with Crippen molar-refractivity contribution in [2.24, 2.45) is 0 Å². The zero-order valence-electron chi connectivity index (χ0n) is 13.3. The lowest BCUT2D eigenvalue weighted by Gasteiger charge is -2.12. The normalized spacial score (nSPS) is 10.1. The highest BCUT2D eigenvalue weighted by Gasteiger charge is 2.14. The van der Waals surface area contributed by atoms with E-state index in [0.717, 1.165) is 12.0 Å². The van der Waals surface area contributed by atoms with Crippen molar-refractivity contribution in [1.82, 2.24) is 5.32 Å². The van der Waals surface area contributed by atoms with Crippen molar-refractivity contribution >= 4 is 34.6 Å². The van der Waals surface area contributed by atoms with Crippen LogP contribution in [0.5, 0.6) is 0 Å². The third-order valence-electron chi connectivity index (χ3n) is 3.60. The molecule has 0 unspecified atom stereocenters. The quantitative estimate of drug-likeness (QED) is 0.503.